The summed E-state index contributed by atoms with van der Waals surface area (Å²) in [6, 6.07) is 10.0. The Morgan fingerprint density at radius 3 is 2.52 bits per heavy atom. The number of hydrogen-bond donors (Lipinski definition) is 3. The highest BCUT2D eigenvalue weighted by Crippen LogP contribution is 2.19. The summed E-state index contributed by atoms with van der Waals surface area (Å²) >= 11 is 0. The quantitative estimate of drug-likeness (QED) is 0.800. The number of phenols is 1. The van der Waals surface area contributed by atoms with Crippen LogP contribution in [0.4, 0.5) is 5.69 Å². The molecule has 2 aromatic rings. The molecule has 0 heterocycles. The summed E-state index contributed by atoms with van der Waals surface area (Å²) < 4.78 is 22.5. The normalized spacial score (nSPS) is 11.1. The van der Waals surface area contributed by atoms with Crippen LogP contribution < -0.4 is 10.5 Å². The van der Waals surface area contributed by atoms with Gasteiger partial charge in [-0.15, -0.1) is 0 Å². The van der Waals surface area contributed by atoms with Gasteiger partial charge in [0.1, 0.15) is 5.75 Å². The van der Waals surface area contributed by atoms with E-state index in [0.717, 1.165) is 0 Å². The fourth-order valence-corrected chi connectivity index (χ4v) is 2.41. The van der Waals surface area contributed by atoms with E-state index in [4.69, 9.17) is 5.14 Å². The number of amides is 1. The molecule has 0 aliphatic rings. The minimum Gasteiger partial charge on any atom is -0.508 e. The number of phenolic OH excluding ortho intramolecular Hbond substituents is 1. The van der Waals surface area contributed by atoms with Crippen molar-refractivity contribution in [3.8, 4) is 5.75 Å². The molecule has 0 aliphatic heterocycles. The van der Waals surface area contributed by atoms with Gasteiger partial charge in [0.2, 0.25) is 10.0 Å². The number of primary sulfonamides is 1. The van der Waals surface area contributed by atoms with E-state index >= 15 is 0 Å². The fourth-order valence-electron chi connectivity index (χ4n) is 1.85. The number of nitrogens with one attached hydrogen (secondary N) is 1. The highest BCUT2D eigenvalue weighted by atomic mass is 32.2. The first-order chi connectivity index (χ1) is 9.77. The third-order valence-corrected chi connectivity index (χ3v) is 3.79. The molecule has 4 N–H and O–H groups in total. The Balaban J connectivity index is 2.28. The van der Waals surface area contributed by atoms with Crippen molar-refractivity contribution in [1.29, 1.82) is 0 Å². The zero-order valence-corrected chi connectivity index (χ0v) is 12.0. The number of aryl methyl sites for hydroxylation is 1. The summed E-state index contributed by atoms with van der Waals surface area (Å²) in [4.78, 5) is 12.1. The van der Waals surface area contributed by atoms with Crippen molar-refractivity contribution in [2.45, 2.75) is 11.8 Å². The zero-order chi connectivity index (χ0) is 15.6. The summed E-state index contributed by atoms with van der Waals surface area (Å²) in [5.74, 6) is -0.334. The predicted molar refractivity (Wildman–Crippen MR) is 78.6 cm³/mol. The first-order valence-electron chi connectivity index (χ1n) is 6.01. The Bertz CT molecular complexity index is 800. The molecule has 7 heteroatoms. The second-order valence-corrected chi connectivity index (χ2v) is 6.09. The molecule has 0 bridgehead atoms. The van der Waals surface area contributed by atoms with E-state index in [1.54, 1.807) is 13.0 Å². The number of benzene rings is 2. The van der Waals surface area contributed by atoms with Crippen molar-refractivity contribution in [1.82, 2.24) is 0 Å². The number of rotatable bonds is 3. The predicted octanol–water partition coefficient (Wildman–Crippen LogP) is 1.60. The molecule has 0 aromatic heterocycles. The van der Waals surface area contributed by atoms with Crippen LogP contribution in [0.5, 0.6) is 5.75 Å². The van der Waals surface area contributed by atoms with E-state index in [1.165, 1.54) is 36.4 Å². The SMILES string of the molecule is Cc1cc(O)ccc1C(=O)Nc1cccc(S(N)(=O)=O)c1. The molecular formula is C14H14N2O4S. The molecule has 0 atom stereocenters. The number of aromatic hydroxyl groups is 1. The molecule has 0 radical (unpaired) electrons. The minimum absolute atomic E-state index is 0.0697. The van der Waals surface area contributed by atoms with E-state index in [-0.39, 0.29) is 10.6 Å². The highest BCUT2D eigenvalue weighted by molar-refractivity contribution is 7.89. The van der Waals surface area contributed by atoms with Crippen LogP contribution in [0, 0.1) is 6.92 Å². The molecule has 0 unspecified atom stereocenters. The monoisotopic (exact) mass is 306 g/mol. The maximum atomic E-state index is 12.1. The van der Waals surface area contributed by atoms with Crippen molar-refractivity contribution < 1.29 is 18.3 Å². The number of sulfonamides is 1. The van der Waals surface area contributed by atoms with E-state index in [2.05, 4.69) is 5.32 Å². The third kappa shape index (κ3) is 3.59. The van der Waals surface area contributed by atoms with Crippen LogP contribution >= 0.6 is 0 Å². The number of nitrogens with two attached hydrogens (primary N) is 1. The fraction of sp³-hybridized carbons (Fsp3) is 0.0714. The molecular weight excluding hydrogens is 292 g/mol. The lowest BCUT2D eigenvalue weighted by atomic mass is 10.1. The summed E-state index contributed by atoms with van der Waals surface area (Å²) in [5, 5.41) is 17.0. The standard InChI is InChI=1S/C14H14N2O4S/c1-9-7-11(17)5-6-13(9)14(18)16-10-3-2-4-12(8-10)21(15,19)20/h2-8,17H,1H3,(H,16,18)(H2,15,19,20). The Hall–Kier alpha value is -2.38. The van der Waals surface area contributed by atoms with Crippen LogP contribution in [-0.4, -0.2) is 19.4 Å². The smallest absolute Gasteiger partial charge is 0.255 e. The van der Waals surface area contributed by atoms with E-state index in [1.807, 2.05) is 0 Å². The van der Waals surface area contributed by atoms with E-state index in [0.29, 0.717) is 16.8 Å². The van der Waals surface area contributed by atoms with Crippen molar-refractivity contribution in [2.75, 3.05) is 5.32 Å². The topological polar surface area (TPSA) is 109 Å². The van der Waals surface area contributed by atoms with Gasteiger partial charge in [-0.25, -0.2) is 13.6 Å². The second-order valence-electron chi connectivity index (χ2n) is 4.53. The molecule has 110 valence electrons. The largest absolute Gasteiger partial charge is 0.508 e. The molecule has 0 saturated carbocycles. The van der Waals surface area contributed by atoms with E-state index in [9.17, 15) is 18.3 Å². The molecule has 1 amide bonds. The van der Waals surface area contributed by atoms with Gasteiger partial charge in [0.15, 0.2) is 0 Å². The Morgan fingerprint density at radius 1 is 1.19 bits per heavy atom. The van der Waals surface area contributed by atoms with Crippen molar-refractivity contribution in [3.63, 3.8) is 0 Å². The van der Waals surface area contributed by atoms with Gasteiger partial charge in [0, 0.05) is 11.3 Å². The highest BCUT2D eigenvalue weighted by Gasteiger charge is 2.12. The first-order valence-corrected chi connectivity index (χ1v) is 7.56. The van der Waals surface area contributed by atoms with Gasteiger partial charge in [-0.3, -0.25) is 4.79 Å². The van der Waals surface area contributed by atoms with Gasteiger partial charge in [-0.2, -0.15) is 0 Å². The molecule has 21 heavy (non-hydrogen) atoms. The van der Waals surface area contributed by atoms with Crippen LogP contribution in [0.2, 0.25) is 0 Å². The van der Waals surface area contributed by atoms with Gasteiger partial charge in [0.05, 0.1) is 4.90 Å². The second kappa shape index (κ2) is 5.55. The molecule has 0 saturated heterocycles. The van der Waals surface area contributed by atoms with Crippen molar-refractivity contribution >= 4 is 21.6 Å². The van der Waals surface area contributed by atoms with Gasteiger partial charge in [-0.05, 0) is 48.9 Å². The van der Waals surface area contributed by atoms with Gasteiger partial charge in [-0.1, -0.05) is 6.07 Å². The third-order valence-electron chi connectivity index (χ3n) is 2.88. The van der Waals surface area contributed by atoms with Gasteiger partial charge < -0.3 is 10.4 Å². The molecule has 2 aromatic carbocycles. The van der Waals surface area contributed by atoms with Crippen LogP contribution in [0.25, 0.3) is 0 Å². The van der Waals surface area contributed by atoms with E-state index < -0.39 is 15.9 Å². The maximum Gasteiger partial charge on any atom is 0.255 e. The lowest BCUT2D eigenvalue weighted by Crippen LogP contribution is -2.15. The van der Waals surface area contributed by atoms with Gasteiger partial charge >= 0.3 is 0 Å². The summed E-state index contributed by atoms with van der Waals surface area (Å²) in [6.45, 7) is 1.69. The molecule has 0 spiro atoms. The van der Waals surface area contributed by atoms with Crippen molar-refractivity contribution in [2.24, 2.45) is 5.14 Å². The summed E-state index contributed by atoms with van der Waals surface area (Å²) in [6.07, 6.45) is 0. The Morgan fingerprint density at radius 2 is 1.90 bits per heavy atom. The lowest BCUT2D eigenvalue weighted by Gasteiger charge is -2.09. The number of carbonyl (C=O) groups excluding carboxylic acids is 1. The number of hydrogen-bond acceptors (Lipinski definition) is 4. The number of anilines is 1. The minimum atomic E-state index is -3.82. The molecule has 6 nitrogen and oxygen atoms in total. The van der Waals surface area contributed by atoms with Crippen LogP contribution in [0.15, 0.2) is 47.4 Å². The average Bonchev–Trinajstić information content (AvgIpc) is 2.37. The molecule has 0 aliphatic carbocycles. The lowest BCUT2D eigenvalue weighted by molar-refractivity contribution is 0.102. The maximum absolute atomic E-state index is 12.1. The van der Waals surface area contributed by atoms with Crippen LogP contribution in [-0.2, 0) is 10.0 Å². The van der Waals surface area contributed by atoms with Gasteiger partial charge in [0.25, 0.3) is 5.91 Å². The Labute approximate surface area is 122 Å². The first kappa shape index (κ1) is 15.0. The zero-order valence-electron chi connectivity index (χ0n) is 11.2. The van der Waals surface area contributed by atoms with Crippen LogP contribution in [0.1, 0.15) is 15.9 Å². The molecule has 0 fully saturated rings. The summed E-state index contributed by atoms with van der Waals surface area (Å²) in [7, 11) is -3.82. The number of carbonyl (C=O) groups is 1. The van der Waals surface area contributed by atoms with Crippen LogP contribution in [0.3, 0.4) is 0 Å². The van der Waals surface area contributed by atoms with Crippen molar-refractivity contribution in [3.05, 3.63) is 53.6 Å². The summed E-state index contributed by atoms with van der Waals surface area (Å²) in [5.41, 5.74) is 1.31. The average molecular weight is 306 g/mol. The Kier molecular flexibility index (Phi) is 3.97. The molecule has 2 rings (SSSR count).